The summed E-state index contributed by atoms with van der Waals surface area (Å²) in [5.41, 5.74) is 6.60. The van der Waals surface area contributed by atoms with Crippen LogP contribution in [0, 0.1) is 4.77 Å². The molecule has 1 aromatic rings. The molecule has 5 N–H and O–H groups in total. The Morgan fingerprint density at radius 2 is 2.10 bits per heavy atom. The van der Waals surface area contributed by atoms with E-state index in [2.05, 4.69) is 4.98 Å². The molecular formula is C12H19N3O4S. The maximum Gasteiger partial charge on any atom is 0.203 e. The highest BCUT2D eigenvalue weighted by Crippen LogP contribution is 2.31. The Kier molecular flexibility index (Phi) is 4.40. The van der Waals surface area contributed by atoms with E-state index in [0.29, 0.717) is 5.82 Å². The fraction of sp³-hybridized carbons (Fsp3) is 0.667. The van der Waals surface area contributed by atoms with Gasteiger partial charge >= 0.3 is 0 Å². The van der Waals surface area contributed by atoms with E-state index in [1.807, 2.05) is 13.8 Å². The molecule has 1 saturated heterocycles. The van der Waals surface area contributed by atoms with Gasteiger partial charge in [0.25, 0.3) is 0 Å². The Hall–Kier alpha value is -1.06. The monoisotopic (exact) mass is 301 g/mol. The third-order valence-electron chi connectivity index (χ3n) is 3.42. The van der Waals surface area contributed by atoms with Crippen molar-refractivity contribution in [1.29, 1.82) is 0 Å². The third kappa shape index (κ3) is 2.57. The number of rotatable bonds is 3. The molecule has 0 aliphatic carbocycles. The molecule has 2 heterocycles. The molecule has 4 atom stereocenters. The normalized spacial score (nSPS) is 30.1. The van der Waals surface area contributed by atoms with E-state index in [1.165, 1.54) is 4.57 Å². The van der Waals surface area contributed by atoms with Gasteiger partial charge in [0.1, 0.15) is 24.1 Å². The molecule has 0 bridgehead atoms. The molecule has 0 radical (unpaired) electrons. The zero-order valence-electron chi connectivity index (χ0n) is 11.3. The lowest BCUT2D eigenvalue weighted by molar-refractivity contribution is -0.0541. The number of nitrogens with two attached hydrogens (primary N) is 1. The standard InChI is InChI=1S/C12H19N3O4S/c1-5(2)6-3-15(12(20)14-10(6)13)11-9(18)8(17)7(4-16)19-11/h3,5,7-9,11,16-18H,4H2,1-2H3,(H2,13,14,20)/t7-,8-,9+,11-/m1/s1. The average molecular weight is 301 g/mol. The van der Waals surface area contributed by atoms with Crippen molar-refractivity contribution in [3.63, 3.8) is 0 Å². The highest BCUT2D eigenvalue weighted by Gasteiger charge is 2.43. The fourth-order valence-electron chi connectivity index (χ4n) is 2.23. The molecule has 0 spiro atoms. The van der Waals surface area contributed by atoms with Crippen LogP contribution in [-0.4, -0.2) is 49.8 Å². The van der Waals surface area contributed by atoms with Crippen LogP contribution in [0.25, 0.3) is 0 Å². The number of aromatic nitrogens is 2. The lowest BCUT2D eigenvalue weighted by Crippen LogP contribution is -2.33. The van der Waals surface area contributed by atoms with Gasteiger partial charge in [0, 0.05) is 11.8 Å². The highest BCUT2D eigenvalue weighted by atomic mass is 32.1. The van der Waals surface area contributed by atoms with E-state index in [4.69, 9.17) is 27.8 Å². The second-order valence-corrected chi connectivity index (χ2v) is 5.52. The predicted octanol–water partition coefficient (Wildman–Crippen LogP) is -0.0703. The van der Waals surface area contributed by atoms with Crippen molar-refractivity contribution in [2.75, 3.05) is 12.3 Å². The van der Waals surface area contributed by atoms with Crippen LogP contribution in [0.4, 0.5) is 5.82 Å². The summed E-state index contributed by atoms with van der Waals surface area (Å²) in [5, 5.41) is 28.9. The predicted molar refractivity (Wildman–Crippen MR) is 74.6 cm³/mol. The molecule has 0 saturated carbocycles. The van der Waals surface area contributed by atoms with Crippen LogP contribution in [0.3, 0.4) is 0 Å². The van der Waals surface area contributed by atoms with E-state index in [0.717, 1.165) is 5.56 Å². The topological polar surface area (TPSA) is 114 Å². The smallest absolute Gasteiger partial charge is 0.203 e. The zero-order valence-corrected chi connectivity index (χ0v) is 12.1. The molecule has 112 valence electrons. The van der Waals surface area contributed by atoms with Crippen molar-refractivity contribution < 1.29 is 20.1 Å². The van der Waals surface area contributed by atoms with Gasteiger partial charge < -0.3 is 25.8 Å². The van der Waals surface area contributed by atoms with E-state index in [9.17, 15) is 10.2 Å². The third-order valence-corrected chi connectivity index (χ3v) is 3.73. The minimum atomic E-state index is -1.19. The van der Waals surface area contributed by atoms with E-state index < -0.39 is 24.5 Å². The first-order valence-corrected chi connectivity index (χ1v) is 6.78. The molecule has 1 aromatic heterocycles. The van der Waals surface area contributed by atoms with Crippen LogP contribution in [0.15, 0.2) is 6.20 Å². The van der Waals surface area contributed by atoms with Gasteiger partial charge in [-0.1, -0.05) is 13.8 Å². The van der Waals surface area contributed by atoms with Crippen molar-refractivity contribution >= 4 is 18.0 Å². The van der Waals surface area contributed by atoms with Gasteiger partial charge in [-0.2, -0.15) is 0 Å². The van der Waals surface area contributed by atoms with Gasteiger partial charge in [-0.3, -0.25) is 4.57 Å². The summed E-state index contributed by atoms with van der Waals surface area (Å²) in [6, 6.07) is 0. The summed E-state index contributed by atoms with van der Waals surface area (Å²) in [4.78, 5) is 4.07. The van der Waals surface area contributed by atoms with Crippen LogP contribution in [0.1, 0.15) is 31.6 Å². The highest BCUT2D eigenvalue weighted by molar-refractivity contribution is 7.71. The maximum absolute atomic E-state index is 10.0. The molecular weight excluding hydrogens is 282 g/mol. The molecule has 1 fully saturated rings. The number of nitrogens with zero attached hydrogens (tertiary/aromatic N) is 2. The minimum Gasteiger partial charge on any atom is -0.394 e. The molecule has 20 heavy (non-hydrogen) atoms. The lowest BCUT2D eigenvalue weighted by atomic mass is 10.1. The molecule has 0 aromatic carbocycles. The Morgan fingerprint density at radius 3 is 2.60 bits per heavy atom. The summed E-state index contributed by atoms with van der Waals surface area (Å²) in [5.74, 6) is 0.467. The van der Waals surface area contributed by atoms with Gasteiger partial charge in [-0.05, 0) is 18.1 Å². The summed E-state index contributed by atoms with van der Waals surface area (Å²) in [6.07, 6.45) is -2.43. The first kappa shape index (κ1) is 15.3. The number of aliphatic hydroxyl groups is 3. The summed E-state index contributed by atoms with van der Waals surface area (Å²) >= 11 is 5.13. The average Bonchev–Trinajstić information content (AvgIpc) is 2.66. The second-order valence-electron chi connectivity index (χ2n) is 5.15. The summed E-state index contributed by atoms with van der Waals surface area (Å²) < 4.78 is 7.06. The number of hydrogen-bond donors (Lipinski definition) is 4. The lowest BCUT2D eigenvalue weighted by Gasteiger charge is -2.20. The molecule has 1 aliphatic rings. The second kappa shape index (κ2) is 5.74. The van der Waals surface area contributed by atoms with Gasteiger partial charge in [-0.25, -0.2) is 4.98 Å². The number of nitrogen functional groups attached to an aromatic ring is 1. The van der Waals surface area contributed by atoms with Crippen LogP contribution in [0.2, 0.25) is 0 Å². The van der Waals surface area contributed by atoms with Crippen LogP contribution >= 0.6 is 12.2 Å². The summed E-state index contributed by atoms with van der Waals surface area (Å²) in [7, 11) is 0. The van der Waals surface area contributed by atoms with Crippen molar-refractivity contribution in [2.45, 2.75) is 44.3 Å². The van der Waals surface area contributed by atoms with Crippen LogP contribution < -0.4 is 5.73 Å². The number of ether oxygens (including phenoxy) is 1. The maximum atomic E-state index is 10.0. The Morgan fingerprint density at radius 1 is 1.45 bits per heavy atom. The number of hydrogen-bond acceptors (Lipinski definition) is 7. The van der Waals surface area contributed by atoms with E-state index in [1.54, 1.807) is 6.20 Å². The largest absolute Gasteiger partial charge is 0.394 e. The first-order valence-electron chi connectivity index (χ1n) is 6.37. The quantitative estimate of drug-likeness (QED) is 0.578. The van der Waals surface area contributed by atoms with E-state index in [-0.39, 0.29) is 17.3 Å². The van der Waals surface area contributed by atoms with Crippen molar-refractivity contribution in [3.05, 3.63) is 16.5 Å². The van der Waals surface area contributed by atoms with E-state index >= 15 is 0 Å². The van der Waals surface area contributed by atoms with Gasteiger partial charge in [0.2, 0.25) is 4.77 Å². The van der Waals surface area contributed by atoms with Crippen LogP contribution in [0.5, 0.6) is 0 Å². The summed E-state index contributed by atoms with van der Waals surface area (Å²) in [6.45, 7) is 3.53. The molecule has 2 rings (SSSR count). The molecule has 0 unspecified atom stereocenters. The van der Waals surface area contributed by atoms with Crippen molar-refractivity contribution in [2.24, 2.45) is 0 Å². The molecule has 7 nitrogen and oxygen atoms in total. The zero-order chi connectivity index (χ0) is 15.0. The molecule has 1 aliphatic heterocycles. The molecule has 0 amide bonds. The SMILES string of the molecule is CC(C)c1cn([C@@H]2O[C@H](CO)[C@@H](O)[C@@H]2O)c(=S)nc1N. The van der Waals surface area contributed by atoms with Gasteiger partial charge in [0.05, 0.1) is 6.61 Å². The number of anilines is 1. The minimum absolute atomic E-state index is 0.126. The molecule has 8 heteroatoms. The first-order chi connectivity index (χ1) is 9.36. The van der Waals surface area contributed by atoms with Crippen molar-refractivity contribution in [3.8, 4) is 0 Å². The Balaban J connectivity index is 2.43. The van der Waals surface area contributed by atoms with Gasteiger partial charge in [-0.15, -0.1) is 0 Å². The Labute approximate surface area is 121 Å². The van der Waals surface area contributed by atoms with Gasteiger partial charge in [0.15, 0.2) is 6.23 Å². The fourth-order valence-corrected chi connectivity index (χ4v) is 2.49. The van der Waals surface area contributed by atoms with Crippen LogP contribution in [-0.2, 0) is 4.74 Å². The number of aliphatic hydroxyl groups excluding tert-OH is 3. The van der Waals surface area contributed by atoms with Crippen molar-refractivity contribution in [1.82, 2.24) is 9.55 Å². The Bertz CT molecular complexity index is 548.